The van der Waals surface area contributed by atoms with Gasteiger partial charge in [-0.3, -0.25) is 9.59 Å². The lowest BCUT2D eigenvalue weighted by Gasteiger charge is -2.08. The molecule has 2 rings (SSSR count). The molecule has 24 heavy (non-hydrogen) atoms. The number of carbonyl (C=O) groups excluding carboxylic acids is 2. The van der Waals surface area contributed by atoms with Crippen LogP contribution in [0.2, 0.25) is 10.0 Å². The van der Waals surface area contributed by atoms with Crippen molar-refractivity contribution < 1.29 is 9.59 Å². The van der Waals surface area contributed by atoms with Crippen LogP contribution in [0.3, 0.4) is 0 Å². The highest BCUT2D eigenvalue weighted by Gasteiger charge is 2.17. The van der Waals surface area contributed by atoms with E-state index >= 15 is 0 Å². The summed E-state index contributed by atoms with van der Waals surface area (Å²) in [5, 5.41) is 9.49. The van der Waals surface area contributed by atoms with E-state index in [1.165, 1.54) is 12.4 Å². The molecule has 0 saturated carbocycles. The van der Waals surface area contributed by atoms with Crippen molar-refractivity contribution in [2.45, 2.75) is 0 Å². The van der Waals surface area contributed by atoms with Crippen molar-refractivity contribution in [3.05, 3.63) is 69.7 Å². The lowest BCUT2D eigenvalue weighted by atomic mass is 10.2. The van der Waals surface area contributed by atoms with Gasteiger partial charge in [0.15, 0.2) is 0 Å². The van der Waals surface area contributed by atoms with Crippen LogP contribution in [0, 0.1) is 0 Å². The minimum Gasteiger partial charge on any atom is -0.361 e. The maximum absolute atomic E-state index is 11.8. The second-order valence-electron chi connectivity index (χ2n) is 4.55. The monoisotopic (exact) mass is 362 g/mol. The average molecular weight is 363 g/mol. The Hall–Kier alpha value is -2.70. The molecular weight excluding hydrogens is 351 g/mol. The molecule has 2 aromatic carbocycles. The fourth-order valence-corrected chi connectivity index (χ4v) is 1.83. The Morgan fingerprint density at radius 3 is 1.54 bits per heavy atom. The molecule has 8 heteroatoms. The van der Waals surface area contributed by atoms with Gasteiger partial charge in [-0.15, -0.1) is 5.12 Å². The van der Waals surface area contributed by atoms with Crippen LogP contribution in [0.4, 0.5) is 0 Å². The normalized spacial score (nSPS) is 11.1. The fourth-order valence-electron chi connectivity index (χ4n) is 1.57. The van der Waals surface area contributed by atoms with Gasteiger partial charge in [0.25, 0.3) is 0 Å². The van der Waals surface area contributed by atoms with E-state index in [1.54, 1.807) is 48.5 Å². The first kappa shape index (κ1) is 17.7. The van der Waals surface area contributed by atoms with Gasteiger partial charge in [-0.2, -0.15) is 10.2 Å². The first-order valence-corrected chi connectivity index (χ1v) is 7.44. The molecule has 0 radical (unpaired) electrons. The van der Waals surface area contributed by atoms with Crippen LogP contribution >= 0.6 is 23.2 Å². The van der Waals surface area contributed by atoms with Gasteiger partial charge in [0.05, 0.1) is 12.4 Å². The summed E-state index contributed by atoms with van der Waals surface area (Å²) in [6, 6.07) is 13.5. The van der Waals surface area contributed by atoms with Gasteiger partial charge >= 0.3 is 11.8 Å². The highest BCUT2D eigenvalue weighted by atomic mass is 35.5. The Kier molecular flexibility index (Phi) is 6.06. The van der Waals surface area contributed by atoms with Gasteiger partial charge in [-0.25, -0.2) is 0 Å². The molecule has 2 aromatic rings. The molecule has 6 nitrogen and oxygen atoms in total. The van der Waals surface area contributed by atoms with Crippen LogP contribution in [0.5, 0.6) is 0 Å². The number of benzene rings is 2. The minimum absolute atomic E-state index is 0.568. The summed E-state index contributed by atoms with van der Waals surface area (Å²) in [5.41, 5.74) is 6.34. The number of hydrogen-bond donors (Lipinski definition) is 1. The number of hydrazone groups is 2. The van der Waals surface area contributed by atoms with Crippen molar-refractivity contribution in [1.29, 1.82) is 0 Å². The zero-order chi connectivity index (χ0) is 17.5. The third-order valence-electron chi connectivity index (χ3n) is 2.76. The summed E-state index contributed by atoms with van der Waals surface area (Å²) in [4.78, 5) is 22.9. The van der Waals surface area contributed by atoms with Crippen molar-refractivity contribution in [2.24, 2.45) is 15.9 Å². The summed E-state index contributed by atoms with van der Waals surface area (Å²) in [7, 11) is 0. The molecule has 0 fully saturated rings. The number of primary amides is 1. The van der Waals surface area contributed by atoms with Crippen molar-refractivity contribution in [3.63, 3.8) is 0 Å². The molecule has 0 aliphatic carbocycles. The molecule has 0 bridgehead atoms. The number of nitrogens with two attached hydrogens (primary N) is 1. The van der Waals surface area contributed by atoms with Gasteiger partial charge in [-0.1, -0.05) is 47.5 Å². The quantitative estimate of drug-likeness (QED) is 0.514. The Morgan fingerprint density at radius 1 is 0.833 bits per heavy atom. The van der Waals surface area contributed by atoms with Gasteiger partial charge in [0.2, 0.25) is 0 Å². The Bertz CT molecular complexity index is 731. The third-order valence-corrected chi connectivity index (χ3v) is 3.27. The van der Waals surface area contributed by atoms with E-state index in [4.69, 9.17) is 28.9 Å². The number of halogens is 2. The van der Waals surface area contributed by atoms with E-state index in [0.29, 0.717) is 26.3 Å². The van der Waals surface area contributed by atoms with Gasteiger partial charge in [-0.05, 0) is 35.4 Å². The van der Waals surface area contributed by atoms with E-state index in [0.717, 1.165) is 0 Å². The summed E-state index contributed by atoms with van der Waals surface area (Å²) in [6.07, 6.45) is 2.72. The van der Waals surface area contributed by atoms with Gasteiger partial charge in [0, 0.05) is 10.0 Å². The van der Waals surface area contributed by atoms with E-state index < -0.39 is 11.8 Å². The van der Waals surface area contributed by atoms with Gasteiger partial charge in [0.1, 0.15) is 0 Å². The molecule has 0 spiro atoms. The predicted octanol–water partition coefficient (Wildman–Crippen LogP) is 2.68. The molecule has 122 valence electrons. The standard InChI is InChI=1S/C16H12Cl2N4O2/c17-13-5-1-11(2-6-13)9-20-22(16(24)15(19)23)21-10-12-3-7-14(18)8-4-12/h1-10H,(H2,19,23). The second kappa shape index (κ2) is 8.24. The maximum Gasteiger partial charge on any atom is 0.352 e. The largest absolute Gasteiger partial charge is 0.361 e. The minimum atomic E-state index is -1.17. The summed E-state index contributed by atoms with van der Waals surface area (Å²) < 4.78 is 0. The number of nitrogens with zero attached hydrogens (tertiary/aromatic N) is 3. The molecule has 0 heterocycles. The molecular formula is C16H12Cl2N4O2. The Balaban J connectivity index is 2.21. The van der Waals surface area contributed by atoms with E-state index in [9.17, 15) is 9.59 Å². The molecule has 0 unspecified atom stereocenters. The first-order chi connectivity index (χ1) is 11.5. The Morgan fingerprint density at radius 2 is 1.21 bits per heavy atom. The maximum atomic E-state index is 11.8. The van der Waals surface area contributed by atoms with Crippen LogP contribution in [-0.2, 0) is 9.59 Å². The third kappa shape index (κ3) is 5.19. The van der Waals surface area contributed by atoms with Crippen LogP contribution < -0.4 is 5.73 Å². The number of hydrogen-bond acceptors (Lipinski definition) is 4. The molecule has 2 N–H and O–H groups in total. The first-order valence-electron chi connectivity index (χ1n) is 6.68. The SMILES string of the molecule is NC(=O)C(=O)N(N=Cc1ccc(Cl)cc1)N=Cc1ccc(Cl)cc1. The van der Waals surface area contributed by atoms with Crippen LogP contribution in [-0.4, -0.2) is 29.4 Å². The molecule has 0 saturated heterocycles. The topological polar surface area (TPSA) is 88.1 Å². The Labute approximate surface area is 148 Å². The fraction of sp³-hybridized carbons (Fsp3) is 0. The highest BCUT2D eigenvalue weighted by Crippen LogP contribution is 2.09. The predicted molar refractivity (Wildman–Crippen MR) is 94.1 cm³/mol. The summed E-state index contributed by atoms with van der Waals surface area (Å²) in [5.74, 6) is -2.23. The average Bonchev–Trinajstić information content (AvgIpc) is 2.57. The van der Waals surface area contributed by atoms with Crippen molar-refractivity contribution in [2.75, 3.05) is 0 Å². The number of rotatable bonds is 4. The summed E-state index contributed by atoms with van der Waals surface area (Å²) >= 11 is 11.6. The molecule has 2 amide bonds. The zero-order valence-corrected chi connectivity index (χ0v) is 13.8. The van der Waals surface area contributed by atoms with Crippen molar-refractivity contribution in [3.8, 4) is 0 Å². The second-order valence-corrected chi connectivity index (χ2v) is 5.42. The van der Waals surface area contributed by atoms with Gasteiger partial charge < -0.3 is 5.73 Å². The lowest BCUT2D eigenvalue weighted by molar-refractivity contribution is -0.144. The number of carbonyl (C=O) groups is 2. The molecule has 0 atom stereocenters. The van der Waals surface area contributed by atoms with Crippen LogP contribution in [0.25, 0.3) is 0 Å². The smallest absolute Gasteiger partial charge is 0.352 e. The molecule has 0 aliphatic heterocycles. The summed E-state index contributed by atoms with van der Waals surface area (Å²) in [6.45, 7) is 0. The van der Waals surface area contributed by atoms with Crippen molar-refractivity contribution in [1.82, 2.24) is 5.12 Å². The molecule has 0 aliphatic rings. The number of amides is 2. The zero-order valence-electron chi connectivity index (χ0n) is 12.3. The molecule has 0 aromatic heterocycles. The van der Waals surface area contributed by atoms with E-state index in [1.807, 2.05) is 0 Å². The van der Waals surface area contributed by atoms with Crippen LogP contribution in [0.15, 0.2) is 58.7 Å². The van der Waals surface area contributed by atoms with E-state index in [2.05, 4.69) is 10.2 Å². The highest BCUT2D eigenvalue weighted by molar-refractivity contribution is 6.34. The van der Waals surface area contributed by atoms with Crippen LogP contribution in [0.1, 0.15) is 11.1 Å². The van der Waals surface area contributed by atoms with E-state index in [-0.39, 0.29) is 0 Å². The van der Waals surface area contributed by atoms with Crippen molar-refractivity contribution >= 4 is 47.4 Å². The lowest BCUT2D eigenvalue weighted by Crippen LogP contribution is -2.34.